The first kappa shape index (κ1) is 40.1. The predicted octanol–water partition coefficient (Wildman–Crippen LogP) is -3.93. The van der Waals surface area contributed by atoms with Gasteiger partial charge in [-0.25, -0.2) is 0 Å². The van der Waals surface area contributed by atoms with Gasteiger partial charge >= 0.3 is 29.6 Å². The molecule has 0 radical (unpaired) electrons. The summed E-state index contributed by atoms with van der Waals surface area (Å²) >= 11 is 0. The van der Waals surface area contributed by atoms with Gasteiger partial charge in [-0.3, -0.25) is 29.0 Å². The van der Waals surface area contributed by atoms with E-state index in [-0.39, 0.29) is 69.5 Å². The Morgan fingerprint density at radius 2 is 1.44 bits per heavy atom. The SMILES string of the molecule is CC(C)CC1C(=O)N2c3ccccc3[C@](O)([C@H]3NC(=O)c4ccccc4N4C(=O)c5ccccc5NC34)C2N1C(=O)CCC(=O)[O-].O.O.O.[Na+]. The Morgan fingerprint density at radius 1 is 0.840 bits per heavy atom. The number of para-hydroxylation sites is 3. The number of amides is 4. The van der Waals surface area contributed by atoms with E-state index < -0.39 is 72.5 Å². The number of aliphatic carboxylic acids is 1. The Labute approximate surface area is 309 Å². The molecule has 3 unspecified atom stereocenters. The molecule has 15 nitrogen and oxygen atoms in total. The minimum atomic E-state index is -2.17. The van der Waals surface area contributed by atoms with E-state index >= 15 is 0 Å². The van der Waals surface area contributed by atoms with Gasteiger partial charge < -0.3 is 47.0 Å². The van der Waals surface area contributed by atoms with Gasteiger partial charge in [-0.2, -0.15) is 0 Å². The van der Waals surface area contributed by atoms with Crippen LogP contribution in [0.5, 0.6) is 0 Å². The Morgan fingerprint density at radius 3 is 2.10 bits per heavy atom. The number of carbonyl (C=O) groups excluding carboxylic acids is 5. The van der Waals surface area contributed by atoms with E-state index in [0.717, 1.165) is 0 Å². The zero-order valence-corrected chi connectivity index (χ0v) is 29.7. The normalized spacial score (nSPS) is 23.9. The topological polar surface area (TPSA) is 257 Å². The number of fused-ring (bicyclic) bond motifs is 7. The molecule has 7 rings (SSSR count). The number of carboxylic acids is 1. The van der Waals surface area contributed by atoms with Crippen molar-refractivity contribution in [3.63, 3.8) is 0 Å². The Bertz CT molecular complexity index is 1820. The molecule has 260 valence electrons. The summed E-state index contributed by atoms with van der Waals surface area (Å²) in [5.41, 5.74) is -0.149. The average molecular weight is 700 g/mol. The van der Waals surface area contributed by atoms with Crippen LogP contribution < -0.4 is 55.1 Å². The zero-order chi connectivity index (χ0) is 32.5. The van der Waals surface area contributed by atoms with Crippen LogP contribution in [0, 0.1) is 5.92 Å². The number of hydrogen-bond acceptors (Lipinski definition) is 8. The molecule has 3 aromatic carbocycles. The Hall–Kier alpha value is -4.35. The Kier molecular flexibility index (Phi) is 11.9. The van der Waals surface area contributed by atoms with E-state index in [0.29, 0.717) is 22.6 Å². The molecule has 1 saturated heterocycles. The fourth-order valence-corrected chi connectivity index (χ4v) is 7.44. The first-order chi connectivity index (χ1) is 22.0. The average Bonchev–Trinajstić information content (AvgIpc) is 3.42. The van der Waals surface area contributed by atoms with Gasteiger partial charge in [0, 0.05) is 23.6 Å². The molecule has 0 saturated carbocycles. The summed E-state index contributed by atoms with van der Waals surface area (Å²) in [6.07, 6.45) is -3.22. The minimum Gasteiger partial charge on any atom is -0.550 e. The second-order valence-electron chi connectivity index (χ2n) is 12.5. The monoisotopic (exact) mass is 699 g/mol. The van der Waals surface area contributed by atoms with Crippen LogP contribution in [-0.2, 0) is 20.0 Å². The van der Waals surface area contributed by atoms with Crippen LogP contribution in [0.4, 0.5) is 17.1 Å². The van der Waals surface area contributed by atoms with Crippen LogP contribution in [0.2, 0.25) is 0 Å². The first-order valence-corrected chi connectivity index (χ1v) is 15.3. The van der Waals surface area contributed by atoms with Crippen LogP contribution in [0.3, 0.4) is 0 Å². The summed E-state index contributed by atoms with van der Waals surface area (Å²) in [5, 5.41) is 31.0. The van der Waals surface area contributed by atoms with Crippen molar-refractivity contribution in [2.75, 3.05) is 15.1 Å². The third-order valence-corrected chi connectivity index (χ3v) is 9.32. The number of benzene rings is 3. The molecule has 50 heavy (non-hydrogen) atoms. The van der Waals surface area contributed by atoms with E-state index in [1.165, 1.54) is 14.7 Å². The van der Waals surface area contributed by atoms with Crippen molar-refractivity contribution in [3.8, 4) is 0 Å². The maximum absolute atomic E-state index is 14.2. The third-order valence-electron chi connectivity index (χ3n) is 9.32. The number of nitrogens with one attached hydrogen (secondary N) is 2. The molecule has 4 amide bonds. The van der Waals surface area contributed by atoms with Crippen molar-refractivity contribution in [1.82, 2.24) is 10.2 Å². The number of carboxylic acid groups (broad SMARTS) is 1. The molecule has 9 N–H and O–H groups in total. The van der Waals surface area contributed by atoms with E-state index in [1.807, 2.05) is 13.8 Å². The van der Waals surface area contributed by atoms with E-state index in [9.17, 15) is 34.2 Å². The van der Waals surface area contributed by atoms with Gasteiger partial charge in [0.15, 0.2) is 5.60 Å². The van der Waals surface area contributed by atoms with Crippen LogP contribution >= 0.6 is 0 Å². The van der Waals surface area contributed by atoms with Crippen LogP contribution in [0.25, 0.3) is 0 Å². The molecular weight excluding hydrogens is 661 g/mol. The quantitative estimate of drug-likeness (QED) is 0.214. The molecule has 0 bridgehead atoms. The van der Waals surface area contributed by atoms with Gasteiger partial charge in [-0.05, 0) is 49.1 Å². The molecule has 0 aliphatic carbocycles. The number of rotatable bonds is 6. The number of hydrogen-bond donors (Lipinski definition) is 3. The first-order valence-electron chi connectivity index (χ1n) is 15.3. The molecule has 5 atom stereocenters. The number of aliphatic hydroxyl groups is 1. The van der Waals surface area contributed by atoms with Crippen molar-refractivity contribution in [2.45, 2.75) is 63.1 Å². The van der Waals surface area contributed by atoms with Gasteiger partial charge in [0.25, 0.3) is 17.7 Å². The third kappa shape index (κ3) is 5.94. The number of carbonyl (C=O) groups is 5. The molecule has 4 aliphatic heterocycles. The predicted molar refractivity (Wildman–Crippen MR) is 175 cm³/mol. The summed E-state index contributed by atoms with van der Waals surface area (Å²) in [6.45, 7) is 3.80. The second-order valence-corrected chi connectivity index (χ2v) is 12.5. The van der Waals surface area contributed by atoms with E-state index in [4.69, 9.17) is 0 Å². The largest absolute Gasteiger partial charge is 1.00 e. The van der Waals surface area contributed by atoms with Crippen molar-refractivity contribution in [2.24, 2.45) is 5.92 Å². The molecule has 1 fully saturated rings. The fraction of sp³-hybridized carbons (Fsp3) is 0.324. The maximum Gasteiger partial charge on any atom is 1.00 e. The number of anilines is 3. The summed E-state index contributed by atoms with van der Waals surface area (Å²) in [6, 6.07) is 17.9. The van der Waals surface area contributed by atoms with Gasteiger partial charge in [0.1, 0.15) is 24.4 Å². The Balaban J connectivity index is 0.00000169. The molecule has 4 aliphatic rings. The standard InChI is InChI=1S/C34H33N5O7.Na.3H2O/c1-18(2)17-25-32(45)39-24-14-8-5-11-21(24)34(46,33(39)37(25)26(40)15-16-27(41)42)28-29-35-22-12-6-3-9-19(22)31(44)38(29)23-13-7-4-10-20(23)30(43)36-28;;;;/h3-14,18,25,28-29,33,35,46H,15-17H2,1-2H3,(H,36,43)(H,41,42);;3*1H2/q;+1;;;/p-1/t25?,28-,29?,33?,34-;;;;/m0..../s1. The molecule has 0 aromatic heterocycles. The molecule has 4 heterocycles. The second kappa shape index (κ2) is 14.9. The number of nitrogens with zero attached hydrogens (tertiary/aromatic N) is 3. The van der Waals surface area contributed by atoms with E-state index in [2.05, 4.69) is 10.6 Å². The summed E-state index contributed by atoms with van der Waals surface area (Å²) in [4.78, 5) is 71.9. The van der Waals surface area contributed by atoms with Crippen molar-refractivity contribution < 1.29 is 80.2 Å². The zero-order valence-electron chi connectivity index (χ0n) is 27.7. The summed E-state index contributed by atoms with van der Waals surface area (Å²) in [7, 11) is 0. The molecule has 3 aromatic rings. The molecular formula is C34H38N5NaO10. The molecule has 0 spiro atoms. The minimum absolute atomic E-state index is 0. The smallest absolute Gasteiger partial charge is 0.550 e. The van der Waals surface area contributed by atoms with Crippen molar-refractivity contribution in [1.29, 1.82) is 0 Å². The van der Waals surface area contributed by atoms with Crippen LogP contribution in [0.15, 0.2) is 72.8 Å². The van der Waals surface area contributed by atoms with Gasteiger partial charge in [0.2, 0.25) is 5.91 Å². The van der Waals surface area contributed by atoms with Gasteiger partial charge in [-0.1, -0.05) is 56.3 Å². The molecule has 16 heteroatoms. The fourth-order valence-electron chi connectivity index (χ4n) is 7.44. The summed E-state index contributed by atoms with van der Waals surface area (Å²) < 4.78 is 0. The summed E-state index contributed by atoms with van der Waals surface area (Å²) in [5.74, 6) is -3.50. The maximum atomic E-state index is 14.2. The van der Waals surface area contributed by atoms with Crippen molar-refractivity contribution >= 4 is 46.7 Å². The van der Waals surface area contributed by atoms with Crippen LogP contribution in [-0.4, -0.2) is 80.4 Å². The van der Waals surface area contributed by atoms with Crippen LogP contribution in [0.1, 0.15) is 59.4 Å². The van der Waals surface area contributed by atoms with Crippen molar-refractivity contribution in [3.05, 3.63) is 89.5 Å². The van der Waals surface area contributed by atoms with Gasteiger partial charge in [0.05, 0.1) is 22.5 Å². The van der Waals surface area contributed by atoms with Gasteiger partial charge in [-0.15, -0.1) is 0 Å². The van der Waals surface area contributed by atoms with E-state index in [1.54, 1.807) is 72.8 Å².